The zero-order valence-corrected chi connectivity index (χ0v) is 13.3. The molecule has 0 spiro atoms. The Morgan fingerprint density at radius 2 is 2.14 bits per heavy atom. The van der Waals surface area contributed by atoms with Crippen molar-refractivity contribution in [2.45, 2.75) is 19.4 Å². The highest BCUT2D eigenvalue weighted by Gasteiger charge is 2.40. The summed E-state index contributed by atoms with van der Waals surface area (Å²) in [5.74, 6) is -0.106. The largest absolute Gasteiger partial charge is 0.482 e. The van der Waals surface area contributed by atoms with Crippen molar-refractivity contribution in [3.63, 3.8) is 0 Å². The molecule has 0 bridgehead atoms. The van der Waals surface area contributed by atoms with E-state index >= 15 is 0 Å². The molecule has 1 aromatic rings. The van der Waals surface area contributed by atoms with E-state index in [0.29, 0.717) is 28.9 Å². The molecule has 1 aromatic carbocycles. The summed E-state index contributed by atoms with van der Waals surface area (Å²) in [6, 6.07) is 4.78. The fourth-order valence-electron chi connectivity index (χ4n) is 2.14. The number of piperazine rings is 1. The summed E-state index contributed by atoms with van der Waals surface area (Å²) in [6.07, 6.45) is 0. The van der Waals surface area contributed by atoms with Gasteiger partial charge in [-0.15, -0.1) is 0 Å². The van der Waals surface area contributed by atoms with E-state index in [1.54, 1.807) is 32.0 Å². The zero-order chi connectivity index (χ0) is 15.6. The number of carbonyl (C=O) groups is 2. The van der Waals surface area contributed by atoms with Crippen molar-refractivity contribution in [1.29, 1.82) is 0 Å². The van der Waals surface area contributed by atoms with Gasteiger partial charge in [0.15, 0.2) is 6.61 Å². The van der Waals surface area contributed by atoms with Crippen molar-refractivity contribution in [3.8, 4) is 5.75 Å². The van der Waals surface area contributed by atoms with Gasteiger partial charge in [-0.3, -0.25) is 9.59 Å². The van der Waals surface area contributed by atoms with Crippen LogP contribution in [0, 0.1) is 0 Å². The Balaban J connectivity index is 2.04. The summed E-state index contributed by atoms with van der Waals surface area (Å²) >= 11 is 11.8. The Kier molecular flexibility index (Phi) is 4.64. The summed E-state index contributed by atoms with van der Waals surface area (Å²) in [5, 5.41) is 3.58. The van der Waals surface area contributed by atoms with E-state index in [4.69, 9.17) is 27.9 Å². The third-order valence-electron chi connectivity index (χ3n) is 3.40. The molecular formula is C14H16Cl2N2O3. The van der Waals surface area contributed by atoms with Crippen molar-refractivity contribution in [1.82, 2.24) is 10.2 Å². The number of ether oxygens (including phenoxy) is 1. The molecule has 1 heterocycles. The minimum Gasteiger partial charge on any atom is -0.482 e. The van der Waals surface area contributed by atoms with Gasteiger partial charge in [-0.2, -0.15) is 0 Å². The van der Waals surface area contributed by atoms with Gasteiger partial charge in [-0.25, -0.2) is 0 Å². The highest BCUT2D eigenvalue weighted by Crippen LogP contribution is 2.28. The number of nitrogens with zero attached hydrogens (tertiary/aromatic N) is 1. The lowest BCUT2D eigenvalue weighted by Crippen LogP contribution is -2.64. The fourth-order valence-corrected chi connectivity index (χ4v) is 2.48. The van der Waals surface area contributed by atoms with E-state index in [-0.39, 0.29) is 18.4 Å². The van der Waals surface area contributed by atoms with Crippen LogP contribution < -0.4 is 10.1 Å². The predicted molar refractivity (Wildman–Crippen MR) is 80.8 cm³/mol. The van der Waals surface area contributed by atoms with Crippen LogP contribution in [-0.2, 0) is 9.59 Å². The Morgan fingerprint density at radius 1 is 1.43 bits per heavy atom. The minimum absolute atomic E-state index is 0.178. The summed E-state index contributed by atoms with van der Waals surface area (Å²) < 4.78 is 5.42. The van der Waals surface area contributed by atoms with Gasteiger partial charge in [-0.1, -0.05) is 23.2 Å². The second-order valence-corrected chi connectivity index (χ2v) is 6.07. The monoisotopic (exact) mass is 330 g/mol. The first-order chi connectivity index (χ1) is 9.82. The van der Waals surface area contributed by atoms with Crippen LogP contribution in [-0.4, -0.2) is 41.9 Å². The van der Waals surface area contributed by atoms with Gasteiger partial charge in [0.2, 0.25) is 5.91 Å². The van der Waals surface area contributed by atoms with Crippen molar-refractivity contribution >= 4 is 35.0 Å². The van der Waals surface area contributed by atoms with Gasteiger partial charge >= 0.3 is 0 Å². The predicted octanol–water partition coefficient (Wildman–Crippen LogP) is 2.11. The molecule has 21 heavy (non-hydrogen) atoms. The quantitative estimate of drug-likeness (QED) is 0.923. The molecule has 1 aliphatic heterocycles. The average Bonchev–Trinajstić information content (AvgIpc) is 2.42. The van der Waals surface area contributed by atoms with Crippen molar-refractivity contribution in [3.05, 3.63) is 28.2 Å². The van der Waals surface area contributed by atoms with Crippen molar-refractivity contribution in [2.24, 2.45) is 0 Å². The minimum atomic E-state index is -0.892. The highest BCUT2D eigenvalue weighted by molar-refractivity contribution is 6.34. The molecular weight excluding hydrogens is 315 g/mol. The molecule has 1 saturated heterocycles. The normalized spacial score (nSPS) is 17.3. The second kappa shape index (κ2) is 6.12. The van der Waals surface area contributed by atoms with Crippen LogP contribution >= 0.6 is 23.2 Å². The molecule has 5 nitrogen and oxygen atoms in total. The van der Waals surface area contributed by atoms with Gasteiger partial charge in [0.1, 0.15) is 11.3 Å². The number of amides is 2. The first-order valence-electron chi connectivity index (χ1n) is 6.49. The first kappa shape index (κ1) is 15.9. The van der Waals surface area contributed by atoms with Crippen molar-refractivity contribution < 1.29 is 14.3 Å². The summed E-state index contributed by atoms with van der Waals surface area (Å²) in [6.45, 7) is 4.09. The van der Waals surface area contributed by atoms with Crippen molar-refractivity contribution in [2.75, 3.05) is 19.7 Å². The SMILES string of the molecule is CC1(C)C(=O)NCCN1C(=O)COc1cc(Cl)ccc1Cl. The molecule has 1 N–H and O–H groups in total. The Morgan fingerprint density at radius 3 is 2.86 bits per heavy atom. The molecule has 0 unspecified atom stereocenters. The number of hydrogen-bond donors (Lipinski definition) is 1. The highest BCUT2D eigenvalue weighted by atomic mass is 35.5. The first-order valence-corrected chi connectivity index (χ1v) is 7.24. The van der Waals surface area contributed by atoms with Gasteiger partial charge in [0, 0.05) is 24.2 Å². The smallest absolute Gasteiger partial charge is 0.261 e. The van der Waals surface area contributed by atoms with Crippen LogP contribution in [0.15, 0.2) is 18.2 Å². The van der Waals surface area contributed by atoms with Crippen LogP contribution in [0.3, 0.4) is 0 Å². The molecule has 1 aliphatic rings. The number of nitrogens with one attached hydrogen (secondary N) is 1. The summed E-state index contributed by atoms with van der Waals surface area (Å²) in [4.78, 5) is 25.6. The third kappa shape index (κ3) is 3.41. The molecule has 114 valence electrons. The molecule has 7 heteroatoms. The molecule has 0 atom stereocenters. The maximum atomic E-state index is 12.3. The van der Waals surface area contributed by atoms with E-state index in [2.05, 4.69) is 5.32 Å². The zero-order valence-electron chi connectivity index (χ0n) is 11.8. The molecule has 0 radical (unpaired) electrons. The van der Waals surface area contributed by atoms with Crippen LogP contribution in [0.2, 0.25) is 10.0 Å². The summed E-state index contributed by atoms with van der Waals surface area (Å²) in [7, 11) is 0. The Hall–Kier alpha value is -1.46. The lowest BCUT2D eigenvalue weighted by atomic mass is 9.99. The van der Waals surface area contributed by atoms with Gasteiger partial charge in [0.05, 0.1) is 5.02 Å². The number of carbonyl (C=O) groups excluding carboxylic acids is 2. The standard InChI is InChI=1S/C14H16Cl2N2O3/c1-14(2)13(20)17-5-6-18(14)12(19)8-21-11-7-9(15)3-4-10(11)16/h3-4,7H,5-6,8H2,1-2H3,(H,17,20). The number of hydrogen-bond acceptors (Lipinski definition) is 3. The van der Waals surface area contributed by atoms with Crippen LogP contribution in [0.4, 0.5) is 0 Å². The lowest BCUT2D eigenvalue weighted by molar-refractivity contribution is -0.150. The maximum absolute atomic E-state index is 12.3. The molecule has 2 amide bonds. The molecule has 0 aromatic heterocycles. The van der Waals surface area contributed by atoms with Gasteiger partial charge < -0.3 is 15.0 Å². The molecule has 1 fully saturated rings. The number of halogens is 2. The van der Waals surface area contributed by atoms with Crippen LogP contribution in [0.25, 0.3) is 0 Å². The Bertz CT molecular complexity index is 575. The summed E-state index contributed by atoms with van der Waals surface area (Å²) in [5.41, 5.74) is -0.892. The van der Waals surface area contributed by atoms with Gasteiger partial charge in [-0.05, 0) is 26.0 Å². The molecule has 0 aliphatic carbocycles. The van der Waals surface area contributed by atoms with E-state index in [1.165, 1.54) is 4.90 Å². The lowest BCUT2D eigenvalue weighted by Gasteiger charge is -2.41. The van der Waals surface area contributed by atoms with E-state index in [0.717, 1.165) is 0 Å². The second-order valence-electron chi connectivity index (χ2n) is 5.22. The van der Waals surface area contributed by atoms with Crippen LogP contribution in [0.1, 0.15) is 13.8 Å². The Labute approximate surface area is 133 Å². The third-order valence-corrected chi connectivity index (χ3v) is 3.94. The fraction of sp³-hybridized carbons (Fsp3) is 0.429. The number of rotatable bonds is 3. The van der Waals surface area contributed by atoms with Crippen LogP contribution in [0.5, 0.6) is 5.75 Å². The molecule has 0 saturated carbocycles. The maximum Gasteiger partial charge on any atom is 0.261 e. The van der Waals surface area contributed by atoms with E-state index in [1.807, 2.05) is 0 Å². The molecule has 2 rings (SSSR count). The van der Waals surface area contributed by atoms with E-state index < -0.39 is 5.54 Å². The average molecular weight is 331 g/mol. The topological polar surface area (TPSA) is 58.6 Å². The van der Waals surface area contributed by atoms with E-state index in [9.17, 15) is 9.59 Å². The number of benzene rings is 1. The van der Waals surface area contributed by atoms with Gasteiger partial charge in [0.25, 0.3) is 5.91 Å².